The second-order valence-electron chi connectivity index (χ2n) is 5.17. The minimum atomic E-state index is -2.17. The molecule has 0 saturated carbocycles. The van der Waals surface area contributed by atoms with Crippen molar-refractivity contribution in [3.8, 4) is 0 Å². The van der Waals surface area contributed by atoms with Crippen LogP contribution < -0.4 is 10.1 Å². The van der Waals surface area contributed by atoms with E-state index in [0.29, 0.717) is 11.1 Å². The van der Waals surface area contributed by atoms with Crippen LogP contribution in [0.15, 0.2) is 54.2 Å². The largest absolute Gasteiger partial charge is 0.298 e. The molecule has 1 aliphatic rings. The number of nitrogens with zero attached hydrogens (tertiary/aromatic N) is 2. The highest BCUT2D eigenvalue weighted by molar-refractivity contribution is 5.87. The summed E-state index contributed by atoms with van der Waals surface area (Å²) in [6.45, 7) is 1.62. The Hall–Kier alpha value is -2.35. The van der Waals surface area contributed by atoms with Gasteiger partial charge in [0.05, 0.1) is 19.4 Å². The van der Waals surface area contributed by atoms with Crippen molar-refractivity contribution >= 4 is 11.3 Å². The van der Waals surface area contributed by atoms with Gasteiger partial charge in [0.1, 0.15) is 0 Å². The summed E-state index contributed by atoms with van der Waals surface area (Å²) < 4.78 is 27.5. The van der Waals surface area contributed by atoms with Crippen LogP contribution in [0.25, 0.3) is 5.57 Å². The molecule has 3 rings (SSSR count). The van der Waals surface area contributed by atoms with Crippen molar-refractivity contribution in [1.82, 2.24) is 9.14 Å². The van der Waals surface area contributed by atoms with E-state index < -0.39 is 6.85 Å². The first kappa shape index (κ1) is 10.4. The summed E-state index contributed by atoms with van der Waals surface area (Å²) >= 11 is 0. The summed E-state index contributed by atoms with van der Waals surface area (Å²) in [6.07, 6.45) is 6.94. The Labute approximate surface area is 130 Å². The van der Waals surface area contributed by atoms with Gasteiger partial charge in [-0.3, -0.25) is 9.14 Å². The third kappa shape index (κ3) is 2.17. The van der Waals surface area contributed by atoms with Gasteiger partial charge in [0.15, 0.2) is 0 Å². The molecule has 0 N–H and O–H groups in total. The molecule has 106 valence electrons. The Kier molecular flexibility index (Phi) is 2.58. The average Bonchev–Trinajstić information content (AvgIpc) is 2.88. The number of benzene rings is 1. The lowest BCUT2D eigenvalue weighted by Gasteiger charge is -2.12. The van der Waals surface area contributed by atoms with Gasteiger partial charge in [-0.05, 0) is 24.6 Å². The van der Waals surface area contributed by atoms with Crippen LogP contribution in [0.4, 0.5) is 5.69 Å². The minimum Gasteiger partial charge on any atom is -0.298 e. The number of aromatic nitrogens is 1. The van der Waals surface area contributed by atoms with Crippen molar-refractivity contribution in [3.63, 3.8) is 0 Å². The highest BCUT2D eigenvalue weighted by Crippen LogP contribution is 2.37. The van der Waals surface area contributed by atoms with Crippen LogP contribution in [0.2, 0.25) is 0 Å². The zero-order valence-corrected chi connectivity index (χ0v) is 12.5. The summed E-state index contributed by atoms with van der Waals surface area (Å²) in [4.78, 5) is 0. The van der Waals surface area contributed by atoms with E-state index in [1.165, 1.54) is 0 Å². The lowest BCUT2D eigenvalue weighted by molar-refractivity contribution is 0.758. The fourth-order valence-corrected chi connectivity index (χ4v) is 2.65. The van der Waals surface area contributed by atoms with Gasteiger partial charge in [-0.15, -0.1) is 11.6 Å². The molecule has 2 heterocycles. The number of hydrogen-bond donors (Lipinski definition) is 0. The van der Waals surface area contributed by atoms with Gasteiger partial charge in [0.25, 0.3) is 0 Å². The second-order valence-corrected chi connectivity index (χ2v) is 5.17. The van der Waals surface area contributed by atoms with E-state index in [-0.39, 0.29) is 0 Å². The van der Waals surface area contributed by atoms with Gasteiger partial charge in [-0.25, -0.2) is 0 Å². The van der Waals surface area contributed by atoms with E-state index in [2.05, 4.69) is 6.20 Å². The van der Waals surface area contributed by atoms with E-state index in [0.717, 1.165) is 22.3 Å². The maximum absolute atomic E-state index is 7.84. The van der Waals surface area contributed by atoms with Crippen molar-refractivity contribution < 1.29 is 4.11 Å². The smallest absolute Gasteiger partial charge is 0.222 e. The van der Waals surface area contributed by atoms with Crippen LogP contribution in [-0.2, 0) is 7.05 Å². The average molecular weight is 279 g/mol. The Morgan fingerprint density at radius 1 is 1.29 bits per heavy atom. The minimum absolute atomic E-state index is 0.329. The number of allylic oxidation sites excluding steroid dienone is 3. The maximum atomic E-state index is 7.84. The topological polar surface area (TPSA) is 7.94 Å². The Morgan fingerprint density at radius 3 is 2.86 bits per heavy atom. The molecule has 2 nitrogen and oxygen atoms in total. The first-order valence-electron chi connectivity index (χ1n) is 8.50. The van der Waals surface area contributed by atoms with Gasteiger partial charge in [-0.1, -0.05) is 49.2 Å². The molecule has 1 aromatic carbocycles. The van der Waals surface area contributed by atoms with Gasteiger partial charge in [0.2, 0.25) is 5.49 Å². The highest BCUT2D eigenvalue weighted by atomic mass is 15.1. The van der Waals surface area contributed by atoms with Crippen molar-refractivity contribution in [2.45, 2.75) is 20.7 Å². The normalized spacial score (nSPS) is 19.5. The molecule has 0 saturated heterocycles. The van der Waals surface area contributed by atoms with E-state index in [4.69, 9.17) is 4.11 Å². The molecule has 2 aromatic rings. The lowest BCUT2D eigenvalue weighted by atomic mass is 9.99. The Bertz CT molecular complexity index is 928. The van der Waals surface area contributed by atoms with E-state index >= 15 is 0 Å². The van der Waals surface area contributed by atoms with Crippen molar-refractivity contribution in [2.24, 2.45) is 7.05 Å². The molecule has 0 unspecified atom stereocenters. The number of pyridine rings is 1. The van der Waals surface area contributed by atoms with E-state index in [1.807, 2.05) is 65.7 Å². The Balaban J connectivity index is 2.40. The second kappa shape index (κ2) is 5.21. The predicted molar refractivity (Wildman–Crippen MR) is 87.6 cm³/mol. The standard InChI is InChI=1S/C19H20N2/c1-5-14(2)17-13-21(18-11-6-7-12-20(18)4)19-15(3)9-8-10-16(17)19/h5-12H,1-4H3/i2D3. The predicted octanol–water partition coefficient (Wildman–Crippen LogP) is 3.56. The fourth-order valence-electron chi connectivity index (χ4n) is 2.65. The molecule has 1 aromatic heterocycles. The summed E-state index contributed by atoms with van der Waals surface area (Å²) in [5.41, 5.74) is 4.88. The first-order valence-corrected chi connectivity index (χ1v) is 7.00. The monoisotopic (exact) mass is 279 g/mol. The zero-order valence-electron chi connectivity index (χ0n) is 15.5. The summed E-state index contributed by atoms with van der Waals surface area (Å²) in [7, 11) is 1.97. The van der Waals surface area contributed by atoms with E-state index in [9.17, 15) is 0 Å². The van der Waals surface area contributed by atoms with Gasteiger partial charge >= 0.3 is 0 Å². The van der Waals surface area contributed by atoms with Crippen LogP contribution in [0.1, 0.15) is 29.0 Å². The molecule has 0 aliphatic carbocycles. The third-order valence-corrected chi connectivity index (χ3v) is 3.77. The maximum Gasteiger partial charge on any atom is 0.222 e. The number of fused-ring (bicyclic) bond motifs is 1. The Morgan fingerprint density at radius 2 is 2.14 bits per heavy atom. The van der Waals surface area contributed by atoms with Crippen LogP contribution in [0.5, 0.6) is 0 Å². The van der Waals surface area contributed by atoms with Gasteiger partial charge in [0, 0.05) is 9.80 Å². The molecule has 0 spiro atoms. The molecule has 0 radical (unpaired) electrons. The molecule has 21 heavy (non-hydrogen) atoms. The molecule has 0 bridgehead atoms. The fraction of sp³-hybridized carbons (Fsp3) is 0.211. The molecule has 1 aliphatic heterocycles. The third-order valence-electron chi connectivity index (χ3n) is 3.77. The SMILES string of the molecule is [2H]C([2H])([2H])C(=CC)C1=[C-][N+](=c2ccccn2C)c2c(C)cccc21. The number of para-hydroxylation sites is 1. The van der Waals surface area contributed by atoms with Crippen molar-refractivity contribution in [1.29, 1.82) is 0 Å². The molecular formula is C19H20N2. The highest BCUT2D eigenvalue weighted by Gasteiger charge is 2.17. The first-order chi connectivity index (χ1) is 11.3. The van der Waals surface area contributed by atoms with Gasteiger partial charge < -0.3 is 0 Å². The number of rotatable bonds is 1. The molecule has 2 heteroatoms. The molecule has 0 amide bonds. The van der Waals surface area contributed by atoms with Crippen LogP contribution in [-0.4, -0.2) is 4.57 Å². The van der Waals surface area contributed by atoms with Crippen molar-refractivity contribution in [3.05, 3.63) is 77.1 Å². The molecule has 0 atom stereocenters. The number of aryl methyl sites for hydroxylation is 2. The quantitative estimate of drug-likeness (QED) is 0.557. The molecule has 0 fully saturated rings. The zero-order chi connectivity index (χ0) is 17.5. The summed E-state index contributed by atoms with van der Waals surface area (Å²) in [5, 5.41) is 0. The lowest BCUT2D eigenvalue weighted by Crippen LogP contribution is -2.28. The van der Waals surface area contributed by atoms with Gasteiger partial charge in [-0.2, -0.15) is 0 Å². The molecular weight excluding hydrogens is 256 g/mol. The summed E-state index contributed by atoms with van der Waals surface area (Å²) in [6, 6.07) is 11.9. The van der Waals surface area contributed by atoms with Crippen LogP contribution >= 0.6 is 0 Å². The van der Waals surface area contributed by atoms with Crippen molar-refractivity contribution in [2.75, 3.05) is 0 Å². The number of hydrogen-bond acceptors (Lipinski definition) is 0. The van der Waals surface area contributed by atoms with Crippen LogP contribution in [0, 0.1) is 13.1 Å². The van der Waals surface area contributed by atoms with E-state index in [1.54, 1.807) is 13.0 Å². The van der Waals surface area contributed by atoms with Crippen LogP contribution in [0.3, 0.4) is 0 Å². The summed E-state index contributed by atoms with van der Waals surface area (Å²) in [5.74, 6) is 0.